The fourth-order valence-corrected chi connectivity index (χ4v) is 10.8. The zero-order chi connectivity index (χ0) is 70.0. The molecule has 0 amide bonds. The van der Waals surface area contributed by atoms with Gasteiger partial charge in [-0.05, 0) is 148 Å². The van der Waals surface area contributed by atoms with Crippen LogP contribution in [0.4, 0.5) is 0 Å². The summed E-state index contributed by atoms with van der Waals surface area (Å²) < 4.78 is 33.2. The van der Waals surface area contributed by atoms with Gasteiger partial charge >= 0.3 is 19.8 Å². The van der Waals surface area contributed by atoms with Gasteiger partial charge in [-0.1, -0.05) is 342 Å². The summed E-state index contributed by atoms with van der Waals surface area (Å²) in [5, 5.41) is 0. The second kappa shape index (κ2) is 79.6. The third-order valence-corrected chi connectivity index (χ3v) is 16.6. The van der Waals surface area contributed by atoms with Crippen molar-refractivity contribution in [3.05, 3.63) is 207 Å². The lowest BCUT2D eigenvalue weighted by Gasteiger charge is -2.19. The van der Waals surface area contributed by atoms with Crippen LogP contribution in [0, 0.1) is 0 Å². The highest BCUT2D eigenvalue weighted by molar-refractivity contribution is 7.47. The molecule has 0 saturated heterocycles. The van der Waals surface area contributed by atoms with Gasteiger partial charge in [-0.25, -0.2) is 4.57 Å². The molecule has 0 radical (unpaired) electrons. The third kappa shape index (κ3) is 79.5. The Balaban J connectivity index is 3.94. The first-order valence-corrected chi connectivity index (χ1v) is 40.1. The first-order chi connectivity index (χ1) is 47.8. The molecule has 0 fully saturated rings. The quantitative estimate of drug-likeness (QED) is 0.0264. The van der Waals surface area contributed by atoms with E-state index in [0.29, 0.717) is 6.42 Å². The predicted molar refractivity (Wildman–Crippen MR) is 421 cm³/mol. The molecular formula is C87H140NO8P. The lowest BCUT2D eigenvalue weighted by atomic mass is 10.0. The highest BCUT2D eigenvalue weighted by Crippen LogP contribution is 2.43. The van der Waals surface area contributed by atoms with E-state index in [2.05, 4.69) is 220 Å². The molecule has 97 heavy (non-hydrogen) atoms. The summed E-state index contributed by atoms with van der Waals surface area (Å²) in [6.07, 6.45) is 122. The van der Waals surface area contributed by atoms with E-state index in [4.69, 9.17) is 24.3 Å². The Bertz CT molecular complexity index is 2350. The zero-order valence-electron chi connectivity index (χ0n) is 61.5. The van der Waals surface area contributed by atoms with Gasteiger partial charge in [-0.3, -0.25) is 18.6 Å². The second-order valence-corrected chi connectivity index (χ2v) is 26.2. The van der Waals surface area contributed by atoms with Crippen molar-refractivity contribution in [2.24, 2.45) is 5.73 Å². The largest absolute Gasteiger partial charge is 0.472 e. The average Bonchev–Trinajstić information content (AvgIpc) is 2.17. The van der Waals surface area contributed by atoms with Gasteiger partial charge in [0, 0.05) is 19.4 Å². The molecule has 0 spiro atoms. The highest BCUT2D eigenvalue weighted by Gasteiger charge is 2.26. The molecule has 0 heterocycles. The van der Waals surface area contributed by atoms with E-state index in [1.54, 1.807) is 0 Å². The van der Waals surface area contributed by atoms with E-state index in [9.17, 15) is 19.0 Å². The van der Waals surface area contributed by atoms with Gasteiger partial charge in [0.2, 0.25) is 0 Å². The van der Waals surface area contributed by atoms with Crippen LogP contribution in [-0.4, -0.2) is 49.3 Å². The molecular weight excluding hydrogens is 1220 g/mol. The minimum Gasteiger partial charge on any atom is -0.462 e. The summed E-state index contributed by atoms with van der Waals surface area (Å²) >= 11 is 0. The van der Waals surface area contributed by atoms with Crippen molar-refractivity contribution >= 4 is 19.8 Å². The number of carbonyl (C=O) groups is 2. The number of allylic oxidation sites excluding steroid dienone is 34. The Morgan fingerprint density at radius 2 is 0.536 bits per heavy atom. The monoisotopic (exact) mass is 1360 g/mol. The van der Waals surface area contributed by atoms with E-state index in [1.807, 2.05) is 0 Å². The molecule has 2 atom stereocenters. The van der Waals surface area contributed by atoms with Crippen LogP contribution in [0.1, 0.15) is 296 Å². The van der Waals surface area contributed by atoms with E-state index in [1.165, 1.54) is 103 Å². The molecule has 0 aromatic heterocycles. The van der Waals surface area contributed by atoms with Crippen LogP contribution in [0.5, 0.6) is 0 Å². The molecule has 0 aromatic carbocycles. The maximum atomic E-state index is 12.8. The number of nitrogens with two attached hydrogens (primary N) is 1. The number of hydrogen-bond acceptors (Lipinski definition) is 8. The number of phosphoric ester groups is 1. The Morgan fingerprint density at radius 1 is 0.309 bits per heavy atom. The molecule has 0 saturated carbocycles. The Hall–Kier alpha value is -5.41. The van der Waals surface area contributed by atoms with Crippen molar-refractivity contribution in [3.63, 3.8) is 0 Å². The van der Waals surface area contributed by atoms with Crippen LogP contribution < -0.4 is 5.73 Å². The van der Waals surface area contributed by atoms with Gasteiger partial charge in [0.05, 0.1) is 13.2 Å². The van der Waals surface area contributed by atoms with Crippen LogP contribution in [0.3, 0.4) is 0 Å². The normalized spacial score (nSPS) is 14.1. The highest BCUT2D eigenvalue weighted by atomic mass is 31.2. The third-order valence-electron chi connectivity index (χ3n) is 15.7. The Morgan fingerprint density at radius 3 is 0.794 bits per heavy atom. The van der Waals surface area contributed by atoms with Gasteiger partial charge in [0.25, 0.3) is 0 Å². The number of phosphoric acid groups is 1. The Labute approximate surface area is 595 Å². The first kappa shape index (κ1) is 91.6. The molecule has 0 aliphatic heterocycles. The standard InChI is InChI=1S/C87H140NO8P/c1-3-5-7-9-11-13-15-17-19-21-23-25-27-29-31-33-35-37-39-41-42-44-45-47-49-51-53-55-57-59-61-63-65-67-69-71-73-75-77-79-86(89)93-83-85(84-95-97(91,92)94-82-81-88)96-87(90)80-78-76-74-72-70-68-66-64-62-60-58-56-54-52-50-48-46-43-40-38-36-34-32-30-28-26-24-22-20-18-16-14-12-10-8-6-4-2/h5-8,11-14,17-20,23-26,29-32,35-38,41-43,45-47,50,52,56,58,85H,3-4,9-10,15-16,21-22,27-28,33-34,39-40,44,48-49,51,53-55,57,59-84,88H2,1-2H3,(H,91,92)/b7-5-,8-6-,13-11-,14-12-,19-17-,20-18-,25-23-,26-24-,31-29-,32-30-,37-35-,38-36-,42-41-,46-43-,47-45-,52-50-,58-56-. The maximum Gasteiger partial charge on any atom is 0.472 e. The topological polar surface area (TPSA) is 134 Å². The molecule has 2 unspecified atom stereocenters. The molecule has 546 valence electrons. The number of ether oxygens (including phenoxy) is 2. The SMILES string of the molecule is CC/C=C\C/C=C\C/C=C\C/C=C\C/C=C\C/C=C\C/C=C\C/C=C\C/C=C\CCCCCCCCCCCC(=O)OC(COC(=O)CCCCCCCCCCCCCCCC/C=C\C/C=C\C/C=C\C/C=C\C/C=C\C/C=C\C/C=C\C/C=C\CC)COP(=O)(O)OCCN. The van der Waals surface area contributed by atoms with Gasteiger partial charge < -0.3 is 20.1 Å². The summed E-state index contributed by atoms with van der Waals surface area (Å²) in [6, 6.07) is 0. The number of unbranched alkanes of at least 4 members (excludes halogenated alkanes) is 23. The van der Waals surface area contributed by atoms with E-state index in [-0.39, 0.29) is 38.6 Å². The molecule has 0 bridgehead atoms. The fraction of sp³-hybridized carbons (Fsp3) is 0.586. The number of rotatable bonds is 70. The molecule has 0 aromatic rings. The van der Waals surface area contributed by atoms with Gasteiger partial charge in [0.15, 0.2) is 6.10 Å². The smallest absolute Gasteiger partial charge is 0.462 e. The lowest BCUT2D eigenvalue weighted by Crippen LogP contribution is -2.29. The van der Waals surface area contributed by atoms with Crippen LogP contribution in [-0.2, 0) is 32.7 Å². The van der Waals surface area contributed by atoms with Crippen molar-refractivity contribution < 1.29 is 37.6 Å². The lowest BCUT2D eigenvalue weighted by molar-refractivity contribution is -0.161. The fourth-order valence-electron chi connectivity index (χ4n) is 10.1. The van der Waals surface area contributed by atoms with E-state index in [0.717, 1.165) is 161 Å². The molecule has 10 heteroatoms. The molecule has 0 aliphatic carbocycles. The number of hydrogen-bond donors (Lipinski definition) is 2. The van der Waals surface area contributed by atoms with Gasteiger partial charge in [0.1, 0.15) is 6.61 Å². The Kier molecular flexibility index (Phi) is 75.1. The first-order valence-electron chi connectivity index (χ1n) is 38.6. The summed E-state index contributed by atoms with van der Waals surface area (Å²) in [6.45, 7) is 3.50. The van der Waals surface area contributed by atoms with E-state index < -0.39 is 26.5 Å². The van der Waals surface area contributed by atoms with Crippen molar-refractivity contribution in [2.45, 2.75) is 302 Å². The van der Waals surface area contributed by atoms with Crippen molar-refractivity contribution in [3.8, 4) is 0 Å². The van der Waals surface area contributed by atoms with Crippen LogP contribution >= 0.6 is 7.82 Å². The number of esters is 2. The van der Waals surface area contributed by atoms with Crippen molar-refractivity contribution in [1.82, 2.24) is 0 Å². The van der Waals surface area contributed by atoms with Crippen LogP contribution in [0.25, 0.3) is 0 Å². The molecule has 3 N–H and O–H groups in total. The summed E-state index contributed by atoms with van der Waals surface area (Å²) in [7, 11) is -4.41. The summed E-state index contributed by atoms with van der Waals surface area (Å²) in [5.41, 5.74) is 5.41. The van der Waals surface area contributed by atoms with Gasteiger partial charge in [-0.15, -0.1) is 0 Å². The minimum atomic E-state index is -4.41. The summed E-state index contributed by atoms with van der Waals surface area (Å²) in [4.78, 5) is 35.5. The number of carbonyl (C=O) groups excluding carboxylic acids is 2. The van der Waals surface area contributed by atoms with Crippen molar-refractivity contribution in [2.75, 3.05) is 26.4 Å². The minimum absolute atomic E-state index is 0.0434. The average molecular weight is 1360 g/mol. The molecule has 9 nitrogen and oxygen atoms in total. The predicted octanol–water partition coefficient (Wildman–Crippen LogP) is 26.2. The van der Waals surface area contributed by atoms with Crippen LogP contribution in [0.2, 0.25) is 0 Å². The molecule has 0 rings (SSSR count). The maximum absolute atomic E-state index is 12.8. The van der Waals surface area contributed by atoms with Crippen molar-refractivity contribution in [1.29, 1.82) is 0 Å². The van der Waals surface area contributed by atoms with Gasteiger partial charge in [-0.2, -0.15) is 0 Å². The zero-order valence-corrected chi connectivity index (χ0v) is 62.4. The second-order valence-electron chi connectivity index (χ2n) is 24.8. The molecule has 0 aliphatic rings. The summed E-state index contributed by atoms with van der Waals surface area (Å²) in [5.74, 6) is -0.842. The van der Waals surface area contributed by atoms with E-state index >= 15 is 0 Å². The van der Waals surface area contributed by atoms with Crippen LogP contribution in [0.15, 0.2) is 207 Å².